The Labute approximate surface area is 155 Å². The number of hydrogen-bond acceptors (Lipinski definition) is 5. The van der Waals surface area contributed by atoms with E-state index in [1.807, 2.05) is 46.8 Å². The summed E-state index contributed by atoms with van der Waals surface area (Å²) in [5, 5.41) is 12.5. The molecule has 1 aromatic rings. The van der Waals surface area contributed by atoms with E-state index in [0.29, 0.717) is 18.8 Å². The van der Waals surface area contributed by atoms with E-state index in [9.17, 15) is 14.3 Å². The van der Waals surface area contributed by atoms with Crippen molar-refractivity contribution in [2.75, 3.05) is 25.5 Å². The summed E-state index contributed by atoms with van der Waals surface area (Å²) in [7, 11) is 1.50. The van der Waals surface area contributed by atoms with Crippen LogP contribution in [0.25, 0.3) is 0 Å². The van der Waals surface area contributed by atoms with Crippen LogP contribution >= 0.6 is 0 Å². The van der Waals surface area contributed by atoms with Crippen LogP contribution < -0.4 is 11.1 Å². The van der Waals surface area contributed by atoms with Crippen molar-refractivity contribution in [2.24, 2.45) is 5.73 Å². The van der Waals surface area contributed by atoms with Gasteiger partial charge < -0.3 is 25.8 Å². The summed E-state index contributed by atoms with van der Waals surface area (Å²) in [6.45, 7) is 10.4. The molecule has 7 heteroatoms. The summed E-state index contributed by atoms with van der Waals surface area (Å²) in [5.41, 5.74) is 4.31. The van der Waals surface area contributed by atoms with Crippen molar-refractivity contribution in [1.82, 2.24) is 4.90 Å². The maximum Gasteiger partial charge on any atom is 0.410 e. The molecule has 1 heterocycles. The Morgan fingerprint density at radius 2 is 1.85 bits per heavy atom. The van der Waals surface area contributed by atoms with E-state index in [0.717, 1.165) is 0 Å². The van der Waals surface area contributed by atoms with E-state index < -0.39 is 17.2 Å². The van der Waals surface area contributed by atoms with E-state index in [2.05, 4.69) is 11.1 Å². The minimum absolute atomic E-state index is 0.0183. The van der Waals surface area contributed by atoms with E-state index in [4.69, 9.17) is 4.74 Å². The third-order valence-corrected chi connectivity index (χ3v) is 3.21. The molecule has 0 radical (unpaired) electrons. The number of carbonyl (C=O) groups is 1. The zero-order chi connectivity index (χ0) is 20.3. The van der Waals surface area contributed by atoms with Gasteiger partial charge in [-0.3, -0.25) is 0 Å². The summed E-state index contributed by atoms with van der Waals surface area (Å²) >= 11 is 0. The molecule has 6 nitrogen and oxygen atoms in total. The van der Waals surface area contributed by atoms with Gasteiger partial charge in [-0.05, 0) is 53.8 Å². The fourth-order valence-corrected chi connectivity index (χ4v) is 1.90. The van der Waals surface area contributed by atoms with Crippen molar-refractivity contribution in [3.05, 3.63) is 36.2 Å². The molecule has 1 amide bonds. The molecular formula is C19H32FN3O3. The second-order valence-electron chi connectivity index (χ2n) is 6.53. The number of phenolic OH excluding ortho intramolecular Hbond substituents is 1. The maximum absolute atomic E-state index is 13.2. The van der Waals surface area contributed by atoms with Crippen molar-refractivity contribution in [1.29, 1.82) is 0 Å². The Kier molecular flexibility index (Phi) is 10.4. The Balaban J connectivity index is 0.000000920. The Bertz CT molecular complexity index is 576. The van der Waals surface area contributed by atoms with Crippen molar-refractivity contribution in [3.63, 3.8) is 0 Å². The Morgan fingerprint density at radius 3 is 2.31 bits per heavy atom. The van der Waals surface area contributed by atoms with Gasteiger partial charge in [-0.15, -0.1) is 0 Å². The molecule has 148 valence electrons. The first-order valence-electron chi connectivity index (χ1n) is 8.55. The number of amides is 1. The summed E-state index contributed by atoms with van der Waals surface area (Å²) in [4.78, 5) is 13.3. The van der Waals surface area contributed by atoms with Crippen molar-refractivity contribution in [2.45, 2.75) is 46.3 Å². The van der Waals surface area contributed by atoms with Gasteiger partial charge in [0.05, 0.1) is 11.7 Å². The molecule has 26 heavy (non-hydrogen) atoms. The van der Waals surface area contributed by atoms with E-state index in [1.54, 1.807) is 11.0 Å². The minimum atomic E-state index is -0.668. The first-order chi connectivity index (χ1) is 12.2. The third-order valence-electron chi connectivity index (χ3n) is 3.21. The standard InChI is InChI=1S/C14H19FN2O3.C4H8.CH5N/c1-14(2,3)20-13(19)17-7-9(8-17)16-11-6-4-5-10(15)12(11)18;1-3-4-2;1-2/h4-6,9,16,18H,7-8H2,1-3H3;3-4H,1-2H3;2H2,1H3. The topological polar surface area (TPSA) is 87.8 Å². The molecule has 1 aromatic carbocycles. The van der Waals surface area contributed by atoms with E-state index >= 15 is 0 Å². The molecule has 0 unspecified atom stereocenters. The van der Waals surface area contributed by atoms with Crippen LogP contribution in [0.15, 0.2) is 30.4 Å². The Morgan fingerprint density at radius 1 is 1.31 bits per heavy atom. The highest BCUT2D eigenvalue weighted by Crippen LogP contribution is 2.28. The lowest BCUT2D eigenvalue weighted by molar-refractivity contribution is 0.0105. The van der Waals surface area contributed by atoms with Crippen molar-refractivity contribution >= 4 is 11.8 Å². The fraction of sp³-hybridized carbons (Fsp3) is 0.526. The second kappa shape index (κ2) is 11.4. The molecule has 0 atom stereocenters. The smallest absolute Gasteiger partial charge is 0.410 e. The highest BCUT2D eigenvalue weighted by molar-refractivity contribution is 5.70. The van der Waals surface area contributed by atoms with E-state index in [-0.39, 0.29) is 12.1 Å². The zero-order valence-corrected chi connectivity index (χ0v) is 16.5. The molecule has 1 fully saturated rings. The molecule has 0 aliphatic carbocycles. The van der Waals surface area contributed by atoms with Crippen LogP contribution in [0.4, 0.5) is 14.9 Å². The number of carbonyl (C=O) groups excluding carboxylic acids is 1. The summed E-state index contributed by atoms with van der Waals surface area (Å²) < 4.78 is 18.4. The maximum atomic E-state index is 13.2. The number of nitrogens with two attached hydrogens (primary N) is 1. The van der Waals surface area contributed by atoms with Gasteiger partial charge >= 0.3 is 6.09 Å². The number of hydrogen-bond donors (Lipinski definition) is 3. The summed E-state index contributed by atoms with van der Waals surface area (Å²) in [5.74, 6) is -1.07. The van der Waals surface area contributed by atoms with Crippen LogP contribution in [0.3, 0.4) is 0 Å². The highest BCUT2D eigenvalue weighted by atomic mass is 19.1. The number of aromatic hydroxyl groups is 1. The number of nitrogens with one attached hydrogen (secondary N) is 1. The van der Waals surface area contributed by atoms with Crippen LogP contribution in [-0.4, -0.2) is 47.9 Å². The monoisotopic (exact) mass is 369 g/mol. The van der Waals surface area contributed by atoms with E-state index in [1.165, 1.54) is 19.2 Å². The Hall–Kier alpha value is -2.28. The number of anilines is 1. The van der Waals surface area contributed by atoms with Crippen LogP contribution in [0.1, 0.15) is 34.6 Å². The molecule has 4 N–H and O–H groups in total. The molecule has 0 spiro atoms. The third kappa shape index (κ3) is 8.20. The van der Waals surface area contributed by atoms with Crippen LogP contribution in [0, 0.1) is 5.82 Å². The molecule has 1 aliphatic rings. The molecule has 0 aromatic heterocycles. The molecule has 2 rings (SSSR count). The lowest BCUT2D eigenvalue weighted by Gasteiger charge is -2.40. The lowest BCUT2D eigenvalue weighted by Crippen LogP contribution is -2.57. The number of ether oxygens (including phenoxy) is 1. The van der Waals surface area contributed by atoms with Crippen molar-refractivity contribution < 1.29 is 19.0 Å². The number of para-hydroxylation sites is 1. The molecule has 0 bridgehead atoms. The first kappa shape index (κ1) is 23.7. The predicted octanol–water partition coefficient (Wildman–Crippen LogP) is 3.72. The van der Waals surface area contributed by atoms with Crippen molar-refractivity contribution in [3.8, 4) is 5.75 Å². The minimum Gasteiger partial charge on any atom is -0.503 e. The number of halogens is 1. The van der Waals surface area contributed by atoms with Crippen LogP contribution in [0.5, 0.6) is 5.75 Å². The van der Waals surface area contributed by atoms with Gasteiger partial charge in [0.2, 0.25) is 0 Å². The van der Waals surface area contributed by atoms with Gasteiger partial charge in [-0.1, -0.05) is 18.2 Å². The molecule has 1 aliphatic heterocycles. The first-order valence-corrected chi connectivity index (χ1v) is 8.55. The number of likely N-dealkylation sites (tertiary alicyclic amines) is 1. The quantitative estimate of drug-likeness (QED) is 0.546. The van der Waals surface area contributed by atoms with Gasteiger partial charge in [0.1, 0.15) is 5.60 Å². The van der Waals surface area contributed by atoms with Gasteiger partial charge in [-0.2, -0.15) is 0 Å². The summed E-state index contributed by atoms with van der Waals surface area (Å²) in [6.07, 6.45) is 3.64. The highest BCUT2D eigenvalue weighted by Gasteiger charge is 2.34. The number of benzene rings is 1. The lowest BCUT2D eigenvalue weighted by atomic mass is 10.1. The van der Waals surface area contributed by atoms with Gasteiger partial charge in [0, 0.05) is 13.1 Å². The normalized spacial score (nSPS) is 13.8. The predicted molar refractivity (Wildman–Crippen MR) is 104 cm³/mol. The average molecular weight is 369 g/mol. The fourth-order valence-electron chi connectivity index (χ4n) is 1.90. The second-order valence-corrected chi connectivity index (χ2v) is 6.53. The largest absolute Gasteiger partial charge is 0.503 e. The molecular weight excluding hydrogens is 337 g/mol. The molecule has 0 saturated carbocycles. The average Bonchev–Trinajstić information content (AvgIpc) is 2.54. The SMILES string of the molecule is CC(C)(C)OC(=O)N1CC(Nc2cccc(F)c2O)C1.CC=CC.CN. The number of phenols is 1. The van der Waals surface area contributed by atoms with Crippen LogP contribution in [0.2, 0.25) is 0 Å². The van der Waals surface area contributed by atoms with Gasteiger partial charge in [-0.25, -0.2) is 9.18 Å². The summed E-state index contributed by atoms with van der Waals surface area (Å²) in [6, 6.07) is 4.28. The van der Waals surface area contributed by atoms with Gasteiger partial charge in [0.15, 0.2) is 11.6 Å². The molecule has 1 saturated heterocycles. The number of allylic oxidation sites excluding steroid dienone is 2. The zero-order valence-electron chi connectivity index (χ0n) is 16.5. The van der Waals surface area contributed by atoms with Gasteiger partial charge in [0.25, 0.3) is 0 Å². The number of rotatable bonds is 2. The van der Waals surface area contributed by atoms with Crippen LogP contribution in [-0.2, 0) is 4.74 Å². The number of nitrogens with zero attached hydrogens (tertiary/aromatic N) is 1.